The Morgan fingerprint density at radius 3 is 2.29 bits per heavy atom. The molecule has 0 bridgehead atoms. The predicted molar refractivity (Wildman–Crippen MR) is 107 cm³/mol. The lowest BCUT2D eigenvalue weighted by Crippen LogP contribution is -2.17. The summed E-state index contributed by atoms with van der Waals surface area (Å²) in [4.78, 5) is 45.1. The Hall–Kier alpha value is -4.08. The monoisotopic (exact) mass is 426 g/mol. The maximum atomic E-state index is 12.8. The van der Waals surface area contributed by atoms with Gasteiger partial charge in [-0.25, -0.2) is 9.59 Å². The zero-order chi connectivity index (χ0) is 22.5. The fourth-order valence-corrected chi connectivity index (χ4v) is 3.25. The molecule has 0 aromatic heterocycles. The molecule has 1 heterocycles. The zero-order valence-corrected chi connectivity index (χ0v) is 16.4. The predicted octanol–water partition coefficient (Wildman–Crippen LogP) is 4.01. The SMILES string of the molecule is C[C@@H]1COC(=O)/C=C\C[C@H](OC(=O)c2cc([N+](=O)[O-])cc([N+](=O)[O-])c2)c2ccccc21. The second-order valence-electron chi connectivity index (χ2n) is 6.94. The van der Waals surface area contributed by atoms with Crippen molar-refractivity contribution in [2.24, 2.45) is 0 Å². The van der Waals surface area contributed by atoms with Crippen LogP contribution in [0, 0.1) is 20.2 Å². The molecule has 3 rings (SSSR count). The van der Waals surface area contributed by atoms with E-state index in [0.29, 0.717) is 5.56 Å². The first-order valence-electron chi connectivity index (χ1n) is 9.33. The number of hydrogen-bond donors (Lipinski definition) is 0. The van der Waals surface area contributed by atoms with Gasteiger partial charge in [-0.2, -0.15) is 0 Å². The molecule has 2 atom stereocenters. The standard InChI is InChI=1S/C21H18N2O8/c1-13-12-30-20(24)8-4-7-19(18-6-3-2-5-17(13)18)31-21(25)14-9-15(22(26)27)11-16(10-14)23(28)29/h2-6,8-11,13,19H,7,12H2,1H3/b8-4-/t13-,19+/m1/s1. The van der Waals surface area contributed by atoms with E-state index in [1.165, 1.54) is 12.2 Å². The van der Waals surface area contributed by atoms with Gasteiger partial charge in [-0.3, -0.25) is 20.2 Å². The van der Waals surface area contributed by atoms with Crippen molar-refractivity contribution in [3.05, 3.63) is 91.5 Å². The van der Waals surface area contributed by atoms with Crippen LogP contribution in [0.4, 0.5) is 11.4 Å². The van der Waals surface area contributed by atoms with E-state index in [2.05, 4.69) is 0 Å². The van der Waals surface area contributed by atoms with E-state index in [1.54, 1.807) is 12.1 Å². The second kappa shape index (κ2) is 9.16. The molecule has 0 unspecified atom stereocenters. The van der Waals surface area contributed by atoms with Crippen LogP contribution in [0.25, 0.3) is 0 Å². The number of carbonyl (C=O) groups excluding carboxylic acids is 2. The average Bonchev–Trinajstić information content (AvgIpc) is 2.75. The van der Waals surface area contributed by atoms with Crippen LogP contribution in [0.5, 0.6) is 0 Å². The smallest absolute Gasteiger partial charge is 0.339 e. The highest BCUT2D eigenvalue weighted by atomic mass is 16.6. The van der Waals surface area contributed by atoms with Gasteiger partial charge in [0.15, 0.2) is 0 Å². The molecule has 0 saturated carbocycles. The Bertz CT molecular complexity index is 1050. The minimum Gasteiger partial charge on any atom is -0.462 e. The van der Waals surface area contributed by atoms with Gasteiger partial charge in [-0.05, 0) is 11.1 Å². The Labute approximate surface area is 176 Å². The molecule has 10 heteroatoms. The fraction of sp³-hybridized carbons (Fsp3) is 0.238. The van der Waals surface area contributed by atoms with E-state index >= 15 is 0 Å². The van der Waals surface area contributed by atoms with Crippen LogP contribution >= 0.6 is 0 Å². The van der Waals surface area contributed by atoms with Gasteiger partial charge in [-0.1, -0.05) is 37.3 Å². The number of nitro benzene ring substituents is 2. The molecular formula is C21H18N2O8. The summed E-state index contributed by atoms with van der Waals surface area (Å²) in [5.74, 6) is -1.65. The average molecular weight is 426 g/mol. The lowest BCUT2D eigenvalue weighted by molar-refractivity contribution is -0.394. The Morgan fingerprint density at radius 1 is 1.06 bits per heavy atom. The lowest BCUT2D eigenvalue weighted by Gasteiger charge is -2.23. The van der Waals surface area contributed by atoms with Crippen LogP contribution in [0.1, 0.15) is 46.9 Å². The molecule has 2 aromatic rings. The van der Waals surface area contributed by atoms with Gasteiger partial charge in [0, 0.05) is 30.5 Å². The van der Waals surface area contributed by atoms with Gasteiger partial charge in [0.2, 0.25) is 0 Å². The highest BCUT2D eigenvalue weighted by Crippen LogP contribution is 2.32. The van der Waals surface area contributed by atoms with Gasteiger partial charge < -0.3 is 9.47 Å². The summed E-state index contributed by atoms with van der Waals surface area (Å²) >= 11 is 0. The summed E-state index contributed by atoms with van der Waals surface area (Å²) < 4.78 is 10.8. The number of ether oxygens (including phenoxy) is 2. The maximum Gasteiger partial charge on any atom is 0.339 e. The van der Waals surface area contributed by atoms with Gasteiger partial charge >= 0.3 is 11.9 Å². The number of nitro groups is 2. The van der Waals surface area contributed by atoms with Gasteiger partial charge in [0.25, 0.3) is 11.4 Å². The summed E-state index contributed by atoms with van der Waals surface area (Å²) in [7, 11) is 0. The molecule has 0 N–H and O–H groups in total. The molecule has 0 aliphatic carbocycles. The normalized spacial score (nSPS) is 19.5. The lowest BCUT2D eigenvalue weighted by atomic mass is 9.91. The first-order valence-corrected chi connectivity index (χ1v) is 9.33. The summed E-state index contributed by atoms with van der Waals surface area (Å²) in [6.07, 6.45) is 2.07. The molecule has 2 aromatic carbocycles. The minimum absolute atomic E-state index is 0.137. The van der Waals surface area contributed by atoms with E-state index < -0.39 is 39.3 Å². The van der Waals surface area contributed by atoms with E-state index in [1.807, 2.05) is 19.1 Å². The van der Waals surface area contributed by atoms with Crippen molar-refractivity contribution in [1.82, 2.24) is 0 Å². The molecule has 10 nitrogen and oxygen atoms in total. The third-order valence-electron chi connectivity index (χ3n) is 4.76. The third-order valence-corrected chi connectivity index (χ3v) is 4.76. The number of hydrogen-bond acceptors (Lipinski definition) is 8. The van der Waals surface area contributed by atoms with Crippen LogP contribution in [0.3, 0.4) is 0 Å². The van der Waals surface area contributed by atoms with E-state index in [9.17, 15) is 29.8 Å². The Balaban J connectivity index is 1.98. The van der Waals surface area contributed by atoms with Crippen molar-refractivity contribution in [3.8, 4) is 0 Å². The van der Waals surface area contributed by atoms with Gasteiger partial charge in [0.1, 0.15) is 6.10 Å². The number of nitrogens with zero attached hydrogens (tertiary/aromatic N) is 2. The molecule has 0 spiro atoms. The topological polar surface area (TPSA) is 139 Å². The summed E-state index contributed by atoms with van der Waals surface area (Å²) in [5.41, 5.74) is -0.00116. The molecular weight excluding hydrogens is 408 g/mol. The van der Waals surface area contributed by atoms with Gasteiger partial charge in [-0.15, -0.1) is 0 Å². The van der Waals surface area contributed by atoms with E-state index in [0.717, 1.165) is 23.8 Å². The number of fused-ring (bicyclic) bond motifs is 1. The van der Waals surface area contributed by atoms with Crippen molar-refractivity contribution in [2.75, 3.05) is 6.61 Å². The molecule has 0 radical (unpaired) electrons. The molecule has 1 aliphatic rings. The largest absolute Gasteiger partial charge is 0.462 e. The minimum atomic E-state index is -0.952. The number of rotatable bonds is 4. The van der Waals surface area contributed by atoms with Crippen molar-refractivity contribution < 1.29 is 28.9 Å². The van der Waals surface area contributed by atoms with Crippen LogP contribution in [-0.2, 0) is 14.3 Å². The van der Waals surface area contributed by atoms with Crippen molar-refractivity contribution in [2.45, 2.75) is 25.4 Å². The molecule has 31 heavy (non-hydrogen) atoms. The first kappa shape index (κ1) is 21.6. The third kappa shape index (κ3) is 5.10. The zero-order valence-electron chi connectivity index (χ0n) is 16.4. The maximum absolute atomic E-state index is 12.8. The Morgan fingerprint density at radius 2 is 1.68 bits per heavy atom. The van der Waals surface area contributed by atoms with Crippen LogP contribution < -0.4 is 0 Å². The number of esters is 2. The quantitative estimate of drug-likeness (QED) is 0.406. The molecule has 0 fully saturated rings. The van der Waals surface area contributed by atoms with Crippen LogP contribution in [0.2, 0.25) is 0 Å². The summed E-state index contributed by atoms with van der Waals surface area (Å²) in [6, 6.07) is 9.81. The fourth-order valence-electron chi connectivity index (χ4n) is 3.25. The second-order valence-corrected chi connectivity index (χ2v) is 6.94. The molecule has 160 valence electrons. The number of non-ortho nitro benzene ring substituents is 2. The Kier molecular flexibility index (Phi) is 6.39. The molecule has 1 aliphatic heterocycles. The molecule has 0 amide bonds. The van der Waals surface area contributed by atoms with E-state index in [4.69, 9.17) is 9.47 Å². The summed E-state index contributed by atoms with van der Waals surface area (Å²) in [5, 5.41) is 22.2. The first-order chi connectivity index (χ1) is 14.8. The number of benzene rings is 2. The number of carbonyl (C=O) groups is 2. The summed E-state index contributed by atoms with van der Waals surface area (Å²) in [6.45, 7) is 2.00. The van der Waals surface area contributed by atoms with Gasteiger partial charge in [0.05, 0.1) is 28.1 Å². The highest BCUT2D eigenvalue weighted by molar-refractivity contribution is 5.91. The van der Waals surface area contributed by atoms with Crippen LogP contribution in [-0.4, -0.2) is 28.4 Å². The number of cyclic esters (lactones) is 1. The van der Waals surface area contributed by atoms with E-state index in [-0.39, 0.29) is 24.5 Å². The van der Waals surface area contributed by atoms with Crippen molar-refractivity contribution >= 4 is 23.3 Å². The van der Waals surface area contributed by atoms with Crippen LogP contribution in [0.15, 0.2) is 54.6 Å². The highest BCUT2D eigenvalue weighted by Gasteiger charge is 2.26. The van der Waals surface area contributed by atoms with Crippen molar-refractivity contribution in [1.29, 1.82) is 0 Å². The van der Waals surface area contributed by atoms with Crippen molar-refractivity contribution in [3.63, 3.8) is 0 Å². The molecule has 0 saturated heterocycles.